The zero-order valence-corrected chi connectivity index (χ0v) is 17.0. The summed E-state index contributed by atoms with van der Waals surface area (Å²) in [7, 11) is 0. The fourth-order valence-electron chi connectivity index (χ4n) is 4.56. The largest absolute Gasteiger partial charge is 0.477 e. The number of benzene rings is 1. The number of aromatic nitrogens is 1. The first-order valence-corrected chi connectivity index (χ1v) is 10.2. The number of anilines is 1. The van der Waals surface area contributed by atoms with Crippen LogP contribution in [0, 0.1) is 11.2 Å². The van der Waals surface area contributed by atoms with Gasteiger partial charge in [0, 0.05) is 41.7 Å². The van der Waals surface area contributed by atoms with Crippen molar-refractivity contribution < 1.29 is 19.4 Å². The Hall–Kier alpha value is -2.41. The molecule has 2 heterocycles. The molecule has 4 rings (SSSR count). The van der Waals surface area contributed by atoms with Gasteiger partial charge in [-0.2, -0.15) is 0 Å². The smallest absolute Gasteiger partial charge is 0.341 e. The Morgan fingerprint density at radius 2 is 2.00 bits per heavy atom. The van der Waals surface area contributed by atoms with Gasteiger partial charge in [-0.3, -0.25) is 4.79 Å². The molecule has 0 radical (unpaired) electrons. The molecule has 1 atom stereocenters. The van der Waals surface area contributed by atoms with Crippen molar-refractivity contribution in [2.75, 3.05) is 18.0 Å². The van der Waals surface area contributed by atoms with Crippen molar-refractivity contribution in [1.29, 1.82) is 0 Å². The SMILES string of the molecule is CCc1c(N2CCC(O)C(C)(C)C2)c(F)cc2c(=O)c(C(=O)O)cn(C3CC3)c12. The number of fused-ring (bicyclic) bond motifs is 1. The van der Waals surface area contributed by atoms with Gasteiger partial charge in [-0.05, 0) is 31.7 Å². The lowest BCUT2D eigenvalue weighted by Gasteiger charge is -2.43. The van der Waals surface area contributed by atoms with Gasteiger partial charge < -0.3 is 19.7 Å². The molecule has 1 aromatic carbocycles. The van der Waals surface area contributed by atoms with Crippen molar-refractivity contribution >= 4 is 22.6 Å². The molecule has 0 spiro atoms. The summed E-state index contributed by atoms with van der Waals surface area (Å²) in [5, 5.41) is 19.9. The Morgan fingerprint density at radius 1 is 1.31 bits per heavy atom. The van der Waals surface area contributed by atoms with E-state index in [1.165, 1.54) is 12.3 Å². The quantitative estimate of drug-likeness (QED) is 0.820. The Bertz CT molecular complexity index is 1060. The highest BCUT2D eigenvalue weighted by Gasteiger charge is 2.37. The van der Waals surface area contributed by atoms with Gasteiger partial charge in [-0.1, -0.05) is 20.8 Å². The number of carboxylic acid groups (broad SMARTS) is 1. The van der Waals surface area contributed by atoms with Crippen LogP contribution in [0.5, 0.6) is 0 Å². The lowest BCUT2D eigenvalue weighted by molar-refractivity contribution is 0.0334. The summed E-state index contributed by atoms with van der Waals surface area (Å²) in [6.45, 7) is 6.89. The summed E-state index contributed by atoms with van der Waals surface area (Å²) < 4.78 is 17.2. The second-order valence-electron chi connectivity index (χ2n) is 8.97. The average molecular weight is 402 g/mol. The first kappa shape index (κ1) is 19.9. The third-order valence-electron chi connectivity index (χ3n) is 6.35. The highest BCUT2D eigenvalue weighted by molar-refractivity contribution is 5.95. The number of nitrogens with zero attached hydrogens (tertiary/aromatic N) is 2. The number of hydrogen-bond donors (Lipinski definition) is 2. The first-order chi connectivity index (χ1) is 13.7. The number of aryl methyl sites for hydroxylation is 1. The maximum absolute atomic E-state index is 15.4. The molecule has 7 heteroatoms. The van der Waals surface area contributed by atoms with Crippen molar-refractivity contribution in [2.24, 2.45) is 5.41 Å². The molecule has 2 fully saturated rings. The third-order valence-corrected chi connectivity index (χ3v) is 6.35. The van der Waals surface area contributed by atoms with Gasteiger partial charge in [-0.25, -0.2) is 9.18 Å². The number of rotatable bonds is 4. The van der Waals surface area contributed by atoms with E-state index in [2.05, 4.69) is 0 Å². The first-order valence-electron chi connectivity index (χ1n) is 10.2. The predicted octanol–water partition coefficient (Wildman–Crippen LogP) is 3.33. The molecule has 2 aliphatic rings. The highest BCUT2D eigenvalue weighted by Crippen LogP contribution is 2.42. The predicted molar refractivity (Wildman–Crippen MR) is 109 cm³/mol. The molecule has 6 nitrogen and oxygen atoms in total. The molecule has 1 saturated heterocycles. The Balaban J connectivity index is 1.99. The molecule has 2 aromatic rings. The van der Waals surface area contributed by atoms with E-state index in [-0.39, 0.29) is 22.4 Å². The third kappa shape index (κ3) is 3.21. The number of aliphatic hydroxyl groups is 1. The van der Waals surface area contributed by atoms with Crippen molar-refractivity contribution in [2.45, 2.75) is 58.6 Å². The van der Waals surface area contributed by atoms with Crippen LogP contribution in [0.15, 0.2) is 17.1 Å². The molecular weight excluding hydrogens is 375 g/mol. The summed E-state index contributed by atoms with van der Waals surface area (Å²) in [5.74, 6) is -1.80. The normalized spacial score (nSPS) is 21.6. The molecule has 0 amide bonds. The molecule has 1 aliphatic carbocycles. The fourth-order valence-corrected chi connectivity index (χ4v) is 4.56. The molecule has 1 aliphatic heterocycles. The highest BCUT2D eigenvalue weighted by atomic mass is 19.1. The lowest BCUT2D eigenvalue weighted by Crippen LogP contribution is -2.49. The number of carbonyl (C=O) groups is 1. The topological polar surface area (TPSA) is 82.8 Å². The lowest BCUT2D eigenvalue weighted by atomic mass is 9.80. The van der Waals surface area contributed by atoms with Gasteiger partial charge in [0.1, 0.15) is 11.4 Å². The Kier molecular flexibility index (Phi) is 4.69. The van der Waals surface area contributed by atoms with E-state index in [1.54, 1.807) is 0 Å². The van der Waals surface area contributed by atoms with Gasteiger partial charge >= 0.3 is 5.97 Å². The number of carboxylic acids is 1. The van der Waals surface area contributed by atoms with Crippen molar-refractivity contribution in [3.8, 4) is 0 Å². The van der Waals surface area contributed by atoms with Gasteiger partial charge in [0.25, 0.3) is 0 Å². The summed E-state index contributed by atoms with van der Waals surface area (Å²) in [5.41, 5.74) is 0.503. The monoisotopic (exact) mass is 402 g/mol. The van der Waals surface area contributed by atoms with Gasteiger partial charge in [0.2, 0.25) is 5.43 Å². The van der Waals surface area contributed by atoms with Crippen molar-refractivity contribution in [3.63, 3.8) is 0 Å². The van der Waals surface area contributed by atoms with Crippen LogP contribution in [0.1, 0.15) is 62.0 Å². The fraction of sp³-hybridized carbons (Fsp3) is 0.545. The van der Waals surface area contributed by atoms with E-state index >= 15 is 4.39 Å². The van der Waals surface area contributed by atoms with Crippen molar-refractivity contribution in [3.05, 3.63) is 39.4 Å². The van der Waals surface area contributed by atoms with Crippen LogP contribution >= 0.6 is 0 Å². The van der Waals surface area contributed by atoms with Crippen LogP contribution in [0.25, 0.3) is 10.9 Å². The van der Waals surface area contributed by atoms with E-state index in [4.69, 9.17) is 0 Å². The molecule has 1 saturated carbocycles. The number of pyridine rings is 1. The Labute approximate surface area is 168 Å². The number of aliphatic hydroxyl groups excluding tert-OH is 1. The maximum atomic E-state index is 15.4. The molecule has 29 heavy (non-hydrogen) atoms. The Morgan fingerprint density at radius 3 is 2.55 bits per heavy atom. The number of halogens is 1. The van der Waals surface area contributed by atoms with E-state index < -0.39 is 23.3 Å². The average Bonchev–Trinajstić information content (AvgIpc) is 3.48. The number of aromatic carboxylic acids is 1. The van der Waals surface area contributed by atoms with Crippen LogP contribution in [0.4, 0.5) is 10.1 Å². The van der Waals surface area contributed by atoms with Crippen LogP contribution in [-0.2, 0) is 6.42 Å². The summed E-state index contributed by atoms with van der Waals surface area (Å²) >= 11 is 0. The molecule has 1 unspecified atom stereocenters. The van der Waals surface area contributed by atoms with E-state index in [9.17, 15) is 19.8 Å². The molecule has 156 valence electrons. The standard InChI is InChI=1S/C22H27FN2O4/c1-4-13-18-14(20(27)15(21(28)29)10-25(18)12-5-6-12)9-16(23)19(13)24-8-7-17(26)22(2,3)11-24/h9-10,12,17,26H,4-8,11H2,1-3H3,(H,28,29). The maximum Gasteiger partial charge on any atom is 0.341 e. The minimum atomic E-state index is -1.29. The van der Waals surface area contributed by atoms with Gasteiger partial charge in [0.05, 0.1) is 17.3 Å². The van der Waals surface area contributed by atoms with Gasteiger partial charge in [-0.15, -0.1) is 0 Å². The van der Waals surface area contributed by atoms with Crippen LogP contribution in [0.2, 0.25) is 0 Å². The van der Waals surface area contributed by atoms with E-state index in [1.807, 2.05) is 30.2 Å². The van der Waals surface area contributed by atoms with Crippen LogP contribution in [0.3, 0.4) is 0 Å². The minimum Gasteiger partial charge on any atom is -0.477 e. The zero-order valence-electron chi connectivity index (χ0n) is 17.0. The summed E-state index contributed by atoms with van der Waals surface area (Å²) in [6, 6.07) is 1.34. The molecule has 1 aromatic heterocycles. The molecule has 0 bridgehead atoms. The summed E-state index contributed by atoms with van der Waals surface area (Å²) in [4.78, 5) is 26.4. The van der Waals surface area contributed by atoms with Crippen LogP contribution < -0.4 is 10.3 Å². The second-order valence-corrected chi connectivity index (χ2v) is 8.97. The van der Waals surface area contributed by atoms with Crippen LogP contribution in [-0.4, -0.2) is 39.9 Å². The van der Waals surface area contributed by atoms with Gasteiger partial charge in [0.15, 0.2) is 0 Å². The number of piperidine rings is 1. The summed E-state index contributed by atoms with van der Waals surface area (Å²) in [6.07, 6.45) is 3.86. The van der Waals surface area contributed by atoms with Crippen molar-refractivity contribution in [1.82, 2.24) is 4.57 Å². The minimum absolute atomic E-state index is 0.131. The van der Waals surface area contributed by atoms with E-state index in [0.717, 1.165) is 18.4 Å². The zero-order chi connectivity index (χ0) is 21.1. The molecule has 2 N–H and O–H groups in total. The van der Waals surface area contributed by atoms with E-state index in [0.29, 0.717) is 37.1 Å². The molecular formula is C22H27FN2O4. The number of hydrogen-bond acceptors (Lipinski definition) is 4. The second kappa shape index (κ2) is 6.83.